The van der Waals surface area contributed by atoms with E-state index >= 15 is 0 Å². The first-order valence-electron chi connectivity index (χ1n) is 8.86. The van der Waals surface area contributed by atoms with Crippen molar-refractivity contribution in [2.24, 2.45) is 4.99 Å². The van der Waals surface area contributed by atoms with Crippen molar-refractivity contribution in [3.63, 3.8) is 0 Å². The Labute approximate surface area is 155 Å². The summed E-state index contributed by atoms with van der Waals surface area (Å²) in [6.07, 6.45) is 0.00982. The molecule has 0 aliphatic carbocycles. The number of ether oxygens (including phenoxy) is 2. The lowest BCUT2D eigenvalue weighted by atomic mass is 10.2. The van der Waals surface area contributed by atoms with Gasteiger partial charge in [-0.05, 0) is 44.5 Å². The number of aliphatic imine (C=N–C) groups is 1. The van der Waals surface area contributed by atoms with Gasteiger partial charge < -0.3 is 20.1 Å². The van der Waals surface area contributed by atoms with Crippen molar-refractivity contribution in [2.45, 2.75) is 33.4 Å². The summed E-state index contributed by atoms with van der Waals surface area (Å²) >= 11 is 0. The van der Waals surface area contributed by atoms with E-state index < -0.39 is 0 Å². The highest BCUT2D eigenvalue weighted by Gasteiger charge is 2.06. The van der Waals surface area contributed by atoms with E-state index in [1.165, 1.54) is 5.56 Å². The Kier molecular flexibility index (Phi) is 7.74. The van der Waals surface area contributed by atoms with E-state index in [9.17, 15) is 0 Å². The van der Waals surface area contributed by atoms with Crippen molar-refractivity contribution in [1.82, 2.24) is 15.6 Å². The minimum Gasteiger partial charge on any atom is -0.489 e. The molecule has 6 nitrogen and oxygen atoms in total. The third kappa shape index (κ3) is 6.63. The van der Waals surface area contributed by atoms with Crippen LogP contribution in [-0.4, -0.2) is 37.2 Å². The van der Waals surface area contributed by atoms with Gasteiger partial charge in [-0.1, -0.05) is 18.2 Å². The molecule has 0 aliphatic rings. The van der Waals surface area contributed by atoms with Gasteiger partial charge in [-0.25, -0.2) is 9.98 Å². The Morgan fingerprint density at radius 3 is 2.73 bits per heavy atom. The third-order valence-corrected chi connectivity index (χ3v) is 3.62. The maximum absolute atomic E-state index is 5.94. The molecule has 0 saturated heterocycles. The number of methoxy groups -OCH3 is 1. The zero-order valence-electron chi connectivity index (χ0n) is 16.0. The SMILES string of the molecule is CCNC(=NCc1cccc(OC)n1)NCC(C)Oc1cccc(C)c1. The van der Waals surface area contributed by atoms with E-state index in [0.717, 1.165) is 23.9 Å². The normalized spacial score (nSPS) is 12.4. The molecule has 1 atom stereocenters. The van der Waals surface area contributed by atoms with Crippen LogP contribution in [0.3, 0.4) is 0 Å². The van der Waals surface area contributed by atoms with Crippen molar-refractivity contribution in [1.29, 1.82) is 0 Å². The number of nitrogens with one attached hydrogen (secondary N) is 2. The number of pyridine rings is 1. The molecule has 0 amide bonds. The summed E-state index contributed by atoms with van der Waals surface area (Å²) in [6.45, 7) is 8.02. The second kappa shape index (κ2) is 10.3. The van der Waals surface area contributed by atoms with E-state index in [-0.39, 0.29) is 6.10 Å². The lowest BCUT2D eigenvalue weighted by Gasteiger charge is -2.18. The van der Waals surface area contributed by atoms with Gasteiger partial charge in [0.05, 0.1) is 25.9 Å². The van der Waals surface area contributed by atoms with Crippen LogP contribution in [0.25, 0.3) is 0 Å². The quantitative estimate of drug-likeness (QED) is 0.562. The second-order valence-corrected chi connectivity index (χ2v) is 5.99. The number of aromatic nitrogens is 1. The first kappa shape index (κ1) is 19.6. The van der Waals surface area contributed by atoms with Gasteiger partial charge in [0.2, 0.25) is 5.88 Å². The Bertz CT molecular complexity index is 718. The number of hydrogen-bond donors (Lipinski definition) is 2. The average Bonchev–Trinajstić information content (AvgIpc) is 2.64. The number of hydrogen-bond acceptors (Lipinski definition) is 4. The maximum Gasteiger partial charge on any atom is 0.213 e. The van der Waals surface area contributed by atoms with Gasteiger partial charge in [0.1, 0.15) is 11.9 Å². The first-order valence-corrected chi connectivity index (χ1v) is 8.86. The van der Waals surface area contributed by atoms with Crippen LogP contribution in [0, 0.1) is 6.92 Å². The van der Waals surface area contributed by atoms with E-state index in [2.05, 4.69) is 33.6 Å². The molecule has 1 heterocycles. The summed E-state index contributed by atoms with van der Waals surface area (Å²) in [6, 6.07) is 13.7. The highest BCUT2D eigenvalue weighted by atomic mass is 16.5. The third-order valence-electron chi connectivity index (χ3n) is 3.62. The van der Waals surface area contributed by atoms with Gasteiger partial charge >= 0.3 is 0 Å². The minimum absolute atomic E-state index is 0.00982. The maximum atomic E-state index is 5.94. The van der Waals surface area contributed by atoms with E-state index in [4.69, 9.17) is 9.47 Å². The summed E-state index contributed by atoms with van der Waals surface area (Å²) in [5, 5.41) is 6.54. The highest BCUT2D eigenvalue weighted by molar-refractivity contribution is 5.79. The fraction of sp³-hybridized carbons (Fsp3) is 0.400. The highest BCUT2D eigenvalue weighted by Crippen LogP contribution is 2.13. The summed E-state index contributed by atoms with van der Waals surface area (Å²) in [7, 11) is 1.61. The van der Waals surface area contributed by atoms with Crippen LogP contribution < -0.4 is 20.1 Å². The number of rotatable bonds is 8. The van der Waals surface area contributed by atoms with E-state index in [1.807, 2.05) is 50.2 Å². The van der Waals surface area contributed by atoms with Crippen LogP contribution in [0.5, 0.6) is 11.6 Å². The molecule has 1 aromatic heterocycles. The molecule has 1 unspecified atom stereocenters. The van der Waals surface area contributed by atoms with Crippen molar-refractivity contribution < 1.29 is 9.47 Å². The van der Waals surface area contributed by atoms with Crippen LogP contribution in [0.2, 0.25) is 0 Å². The Balaban J connectivity index is 1.89. The lowest BCUT2D eigenvalue weighted by Crippen LogP contribution is -2.41. The monoisotopic (exact) mass is 356 g/mol. The van der Waals surface area contributed by atoms with Gasteiger partial charge in [0.15, 0.2) is 5.96 Å². The second-order valence-electron chi connectivity index (χ2n) is 5.99. The molecular formula is C20H28N4O2. The fourth-order valence-corrected chi connectivity index (χ4v) is 2.36. The van der Waals surface area contributed by atoms with Crippen molar-refractivity contribution in [3.05, 3.63) is 53.7 Å². The molecule has 0 fully saturated rings. The largest absolute Gasteiger partial charge is 0.489 e. The molecule has 2 aromatic rings. The molecule has 26 heavy (non-hydrogen) atoms. The number of nitrogens with zero attached hydrogens (tertiary/aromatic N) is 2. The van der Waals surface area contributed by atoms with E-state index in [1.54, 1.807) is 7.11 Å². The topological polar surface area (TPSA) is 67.8 Å². The Morgan fingerprint density at radius 2 is 2.00 bits per heavy atom. The predicted molar refractivity (Wildman–Crippen MR) is 105 cm³/mol. The molecule has 2 rings (SSSR count). The van der Waals surface area contributed by atoms with Gasteiger partial charge in [0.25, 0.3) is 0 Å². The standard InChI is InChI=1S/C20H28N4O2/c1-5-21-20(23-14-17-9-7-11-19(24-17)25-4)22-13-16(3)26-18-10-6-8-15(2)12-18/h6-12,16H,5,13-14H2,1-4H3,(H2,21,22,23). The van der Waals surface area contributed by atoms with Gasteiger partial charge in [0, 0.05) is 12.6 Å². The summed E-state index contributed by atoms with van der Waals surface area (Å²) < 4.78 is 11.1. The van der Waals surface area contributed by atoms with Gasteiger partial charge in [-0.15, -0.1) is 0 Å². The summed E-state index contributed by atoms with van der Waals surface area (Å²) in [4.78, 5) is 8.95. The average molecular weight is 356 g/mol. The summed E-state index contributed by atoms with van der Waals surface area (Å²) in [5.41, 5.74) is 2.04. The molecule has 1 aromatic carbocycles. The molecule has 6 heteroatoms. The molecule has 140 valence electrons. The number of aryl methyl sites for hydroxylation is 1. The van der Waals surface area contributed by atoms with Crippen molar-refractivity contribution >= 4 is 5.96 Å². The Morgan fingerprint density at radius 1 is 1.19 bits per heavy atom. The molecule has 0 saturated carbocycles. The zero-order valence-corrected chi connectivity index (χ0v) is 16.0. The van der Waals surface area contributed by atoms with Gasteiger partial charge in [-0.2, -0.15) is 0 Å². The van der Waals surface area contributed by atoms with Crippen molar-refractivity contribution in [2.75, 3.05) is 20.2 Å². The van der Waals surface area contributed by atoms with E-state index in [0.29, 0.717) is 19.0 Å². The first-order chi connectivity index (χ1) is 12.6. The van der Waals surface area contributed by atoms with Crippen LogP contribution in [-0.2, 0) is 6.54 Å². The Hall–Kier alpha value is -2.76. The lowest BCUT2D eigenvalue weighted by molar-refractivity contribution is 0.223. The summed E-state index contributed by atoms with van der Waals surface area (Å²) in [5.74, 6) is 2.20. The predicted octanol–water partition coefficient (Wildman–Crippen LogP) is 2.92. The molecule has 0 radical (unpaired) electrons. The number of guanidine groups is 1. The zero-order chi connectivity index (χ0) is 18.8. The van der Waals surface area contributed by atoms with Crippen molar-refractivity contribution in [3.8, 4) is 11.6 Å². The fourth-order valence-electron chi connectivity index (χ4n) is 2.36. The smallest absolute Gasteiger partial charge is 0.213 e. The van der Waals surface area contributed by atoms with Crippen LogP contribution in [0.4, 0.5) is 0 Å². The van der Waals surface area contributed by atoms with Crippen LogP contribution in [0.1, 0.15) is 25.1 Å². The van der Waals surface area contributed by atoms with Crippen LogP contribution >= 0.6 is 0 Å². The molecule has 2 N–H and O–H groups in total. The van der Waals surface area contributed by atoms with Crippen LogP contribution in [0.15, 0.2) is 47.5 Å². The van der Waals surface area contributed by atoms with Gasteiger partial charge in [-0.3, -0.25) is 0 Å². The molecular weight excluding hydrogens is 328 g/mol. The number of benzene rings is 1. The molecule has 0 aliphatic heterocycles. The minimum atomic E-state index is 0.00982. The molecule has 0 bridgehead atoms. The molecule has 0 spiro atoms.